The number of rotatable bonds is 5. The summed E-state index contributed by atoms with van der Waals surface area (Å²) in [6.07, 6.45) is 0.936. The van der Waals surface area contributed by atoms with Gasteiger partial charge in [0.2, 0.25) is 0 Å². The summed E-state index contributed by atoms with van der Waals surface area (Å²) in [4.78, 5) is 16.3. The Bertz CT molecular complexity index is 631. The number of carbonyl (C=O) groups is 1. The second kappa shape index (κ2) is 7.04. The number of pyridine rings is 1. The van der Waals surface area contributed by atoms with Crippen molar-refractivity contribution in [2.24, 2.45) is 0 Å². The van der Waals surface area contributed by atoms with Gasteiger partial charge in [-0.1, -0.05) is 18.5 Å². The van der Waals surface area contributed by atoms with Crippen molar-refractivity contribution in [2.75, 3.05) is 17.2 Å². The first kappa shape index (κ1) is 15.3. The smallest absolute Gasteiger partial charge is 0.255 e. The third-order valence-electron chi connectivity index (χ3n) is 2.71. The molecule has 0 saturated carbocycles. The van der Waals surface area contributed by atoms with Crippen molar-refractivity contribution in [3.05, 3.63) is 52.9 Å². The number of hydrogen-bond donors (Lipinski definition) is 2. The molecular formula is C15H15ClFN3O. The maximum atomic E-state index is 12.8. The molecule has 1 heterocycles. The average molecular weight is 308 g/mol. The van der Waals surface area contributed by atoms with Crippen molar-refractivity contribution in [1.82, 2.24) is 4.98 Å². The van der Waals surface area contributed by atoms with Gasteiger partial charge in [-0.2, -0.15) is 0 Å². The predicted molar refractivity (Wildman–Crippen MR) is 82.4 cm³/mol. The molecule has 6 heteroatoms. The van der Waals surface area contributed by atoms with Crippen LogP contribution in [0.3, 0.4) is 0 Å². The maximum Gasteiger partial charge on any atom is 0.255 e. The van der Waals surface area contributed by atoms with E-state index in [0.717, 1.165) is 13.0 Å². The molecule has 1 amide bonds. The van der Waals surface area contributed by atoms with Crippen LogP contribution in [0.25, 0.3) is 0 Å². The highest BCUT2D eigenvalue weighted by atomic mass is 35.5. The van der Waals surface area contributed by atoms with Crippen LogP contribution in [0.4, 0.5) is 15.9 Å². The normalized spacial score (nSPS) is 10.2. The van der Waals surface area contributed by atoms with Crippen molar-refractivity contribution in [1.29, 1.82) is 0 Å². The summed E-state index contributed by atoms with van der Waals surface area (Å²) < 4.78 is 12.8. The first-order valence-electron chi connectivity index (χ1n) is 6.57. The number of amides is 1. The Morgan fingerprint density at radius 1 is 1.29 bits per heavy atom. The predicted octanol–water partition coefficient (Wildman–Crippen LogP) is 3.95. The van der Waals surface area contributed by atoms with Gasteiger partial charge in [0.05, 0.1) is 0 Å². The molecule has 2 N–H and O–H groups in total. The molecule has 0 unspecified atom stereocenters. The highest BCUT2D eigenvalue weighted by molar-refractivity contribution is 6.30. The average Bonchev–Trinajstić information content (AvgIpc) is 2.47. The standard InChI is InChI=1S/C15H15ClFN3O/c1-2-7-18-14-9-10(8-13(16)20-14)15(21)19-12-5-3-11(17)4-6-12/h3-6,8-9H,2,7H2,1H3,(H,18,20)(H,19,21). The molecule has 1 aromatic heterocycles. The molecule has 110 valence electrons. The molecule has 0 radical (unpaired) electrons. The van der Waals surface area contributed by atoms with Crippen molar-refractivity contribution >= 4 is 29.0 Å². The van der Waals surface area contributed by atoms with Crippen molar-refractivity contribution < 1.29 is 9.18 Å². The number of halogens is 2. The van der Waals surface area contributed by atoms with Crippen LogP contribution in [0.2, 0.25) is 5.15 Å². The quantitative estimate of drug-likeness (QED) is 0.822. The molecule has 21 heavy (non-hydrogen) atoms. The topological polar surface area (TPSA) is 54.0 Å². The molecule has 0 aliphatic carbocycles. The largest absolute Gasteiger partial charge is 0.370 e. The van der Waals surface area contributed by atoms with Crippen molar-refractivity contribution in [3.63, 3.8) is 0 Å². The van der Waals surface area contributed by atoms with Crippen LogP contribution in [0.5, 0.6) is 0 Å². The lowest BCUT2D eigenvalue weighted by atomic mass is 10.2. The van der Waals surface area contributed by atoms with E-state index in [1.54, 1.807) is 6.07 Å². The fraction of sp³-hybridized carbons (Fsp3) is 0.200. The second-order valence-corrected chi connectivity index (χ2v) is 4.84. The highest BCUT2D eigenvalue weighted by Gasteiger charge is 2.09. The summed E-state index contributed by atoms with van der Waals surface area (Å²) in [7, 11) is 0. The van der Waals surface area contributed by atoms with Gasteiger partial charge >= 0.3 is 0 Å². The van der Waals surface area contributed by atoms with Crippen LogP contribution in [0.1, 0.15) is 23.7 Å². The van der Waals surface area contributed by atoms with Gasteiger partial charge in [-0.3, -0.25) is 4.79 Å². The van der Waals surface area contributed by atoms with E-state index >= 15 is 0 Å². The minimum absolute atomic E-state index is 0.236. The number of nitrogens with zero attached hydrogens (tertiary/aromatic N) is 1. The van der Waals surface area contributed by atoms with Gasteiger partial charge in [0, 0.05) is 17.8 Å². The van der Waals surface area contributed by atoms with E-state index < -0.39 is 0 Å². The Morgan fingerprint density at radius 3 is 2.67 bits per heavy atom. The zero-order valence-electron chi connectivity index (χ0n) is 11.5. The lowest BCUT2D eigenvalue weighted by Crippen LogP contribution is -2.13. The third kappa shape index (κ3) is 4.43. The maximum absolute atomic E-state index is 12.8. The Hall–Kier alpha value is -2.14. The van der Waals surface area contributed by atoms with Gasteiger partial charge in [0.15, 0.2) is 0 Å². The van der Waals surface area contributed by atoms with Crippen molar-refractivity contribution in [2.45, 2.75) is 13.3 Å². The summed E-state index contributed by atoms with van der Waals surface area (Å²) >= 11 is 5.92. The zero-order valence-corrected chi connectivity index (χ0v) is 12.2. The van der Waals surface area contributed by atoms with Crippen LogP contribution >= 0.6 is 11.6 Å². The monoisotopic (exact) mass is 307 g/mol. The summed E-state index contributed by atoms with van der Waals surface area (Å²) in [5.74, 6) is -0.134. The number of anilines is 2. The van der Waals surface area contributed by atoms with Crippen LogP contribution in [0, 0.1) is 5.82 Å². The second-order valence-electron chi connectivity index (χ2n) is 4.45. The van der Waals surface area contributed by atoms with E-state index in [0.29, 0.717) is 17.1 Å². The molecule has 0 aliphatic rings. The Balaban J connectivity index is 2.14. The fourth-order valence-corrected chi connectivity index (χ4v) is 1.92. The summed E-state index contributed by atoms with van der Waals surface area (Å²) in [6.45, 7) is 2.77. The molecule has 1 aromatic carbocycles. The SMILES string of the molecule is CCCNc1cc(C(=O)Nc2ccc(F)cc2)cc(Cl)n1. The van der Waals surface area contributed by atoms with Gasteiger partial charge in [-0.05, 0) is 42.8 Å². The molecule has 0 saturated heterocycles. The van der Waals surface area contributed by atoms with Gasteiger partial charge in [0.1, 0.15) is 16.8 Å². The summed E-state index contributed by atoms with van der Waals surface area (Å²) in [6, 6.07) is 8.66. The van der Waals surface area contributed by atoms with Crippen LogP contribution in [0.15, 0.2) is 36.4 Å². The van der Waals surface area contributed by atoms with Gasteiger partial charge in [-0.15, -0.1) is 0 Å². The molecule has 0 spiro atoms. The van der Waals surface area contributed by atoms with E-state index in [1.807, 2.05) is 6.92 Å². The van der Waals surface area contributed by atoms with Gasteiger partial charge < -0.3 is 10.6 Å². The first-order valence-corrected chi connectivity index (χ1v) is 6.94. The third-order valence-corrected chi connectivity index (χ3v) is 2.91. The Morgan fingerprint density at radius 2 is 2.00 bits per heavy atom. The van der Waals surface area contributed by atoms with Crippen LogP contribution < -0.4 is 10.6 Å². The van der Waals surface area contributed by atoms with E-state index in [-0.39, 0.29) is 16.9 Å². The number of benzene rings is 1. The zero-order chi connectivity index (χ0) is 15.2. The van der Waals surface area contributed by atoms with E-state index in [9.17, 15) is 9.18 Å². The van der Waals surface area contributed by atoms with Crippen LogP contribution in [-0.2, 0) is 0 Å². The van der Waals surface area contributed by atoms with E-state index in [4.69, 9.17) is 11.6 Å². The van der Waals surface area contributed by atoms with E-state index in [1.165, 1.54) is 30.3 Å². The fourth-order valence-electron chi connectivity index (χ4n) is 1.71. The number of nitrogens with one attached hydrogen (secondary N) is 2. The molecule has 2 rings (SSSR count). The number of hydrogen-bond acceptors (Lipinski definition) is 3. The van der Waals surface area contributed by atoms with Gasteiger partial charge in [-0.25, -0.2) is 9.37 Å². The molecule has 0 fully saturated rings. The van der Waals surface area contributed by atoms with Crippen LogP contribution in [-0.4, -0.2) is 17.4 Å². The highest BCUT2D eigenvalue weighted by Crippen LogP contribution is 2.17. The number of aromatic nitrogens is 1. The summed E-state index contributed by atoms with van der Waals surface area (Å²) in [5, 5.41) is 5.99. The number of carbonyl (C=O) groups excluding carboxylic acids is 1. The molecule has 0 atom stereocenters. The van der Waals surface area contributed by atoms with Gasteiger partial charge in [0.25, 0.3) is 5.91 Å². The molecule has 4 nitrogen and oxygen atoms in total. The van der Waals surface area contributed by atoms with Crippen molar-refractivity contribution in [3.8, 4) is 0 Å². The minimum atomic E-state index is -0.356. The Kier molecular flexibility index (Phi) is 5.11. The lowest BCUT2D eigenvalue weighted by molar-refractivity contribution is 0.102. The molecule has 0 bridgehead atoms. The minimum Gasteiger partial charge on any atom is -0.370 e. The lowest BCUT2D eigenvalue weighted by Gasteiger charge is -2.08. The molecule has 2 aromatic rings. The molecular weight excluding hydrogens is 293 g/mol. The molecule has 0 aliphatic heterocycles. The Labute approximate surface area is 127 Å². The summed E-state index contributed by atoms with van der Waals surface area (Å²) in [5.41, 5.74) is 0.898. The first-order chi connectivity index (χ1) is 10.1. The van der Waals surface area contributed by atoms with E-state index in [2.05, 4.69) is 15.6 Å².